The number of rotatable bonds is 6. The Kier molecular flexibility index (Phi) is 7.42. The molecule has 0 atom stereocenters. The molecule has 0 spiro atoms. The van der Waals surface area contributed by atoms with E-state index in [-0.39, 0.29) is 0 Å². The molecule has 56 heavy (non-hydrogen) atoms. The molecule has 0 unspecified atom stereocenters. The minimum absolute atomic E-state index is 0.650. The van der Waals surface area contributed by atoms with Crippen LogP contribution in [0, 0.1) is 0 Å². The van der Waals surface area contributed by atoms with Crippen molar-refractivity contribution < 1.29 is 0 Å². The topological polar surface area (TPSA) is 48.5 Å². The Morgan fingerprint density at radius 3 is 1.84 bits per heavy atom. The maximum absolute atomic E-state index is 5.34. The maximum atomic E-state index is 5.34. The van der Waals surface area contributed by atoms with E-state index in [1.165, 1.54) is 21.7 Å². The Morgan fingerprint density at radius 1 is 0.357 bits per heavy atom. The molecule has 11 aromatic rings. The number of benzene rings is 7. The molecule has 4 aromatic heterocycles. The van der Waals surface area contributed by atoms with E-state index < -0.39 is 0 Å². The number of para-hydroxylation sites is 3. The van der Waals surface area contributed by atoms with Gasteiger partial charge in [-0.15, -0.1) is 0 Å². The highest BCUT2D eigenvalue weighted by Crippen LogP contribution is 2.38. The first-order valence-electron chi connectivity index (χ1n) is 18.9. The van der Waals surface area contributed by atoms with Gasteiger partial charge in [0, 0.05) is 50.2 Å². The van der Waals surface area contributed by atoms with Crippen molar-refractivity contribution in [2.75, 3.05) is 0 Å². The lowest BCUT2D eigenvalue weighted by Crippen LogP contribution is -1.99. The molecular weight excluding hydrogens is 683 g/mol. The molecule has 0 fully saturated rings. The van der Waals surface area contributed by atoms with Gasteiger partial charge in [-0.3, -0.25) is 0 Å². The summed E-state index contributed by atoms with van der Waals surface area (Å²) >= 11 is 0. The van der Waals surface area contributed by atoms with Crippen LogP contribution in [-0.2, 0) is 0 Å². The summed E-state index contributed by atoms with van der Waals surface area (Å²) in [5, 5.41) is 4.55. The van der Waals surface area contributed by atoms with Gasteiger partial charge in [0.05, 0.1) is 33.5 Å². The molecule has 11 rings (SSSR count). The van der Waals surface area contributed by atoms with Crippen LogP contribution < -0.4 is 0 Å². The molecule has 0 saturated heterocycles. The highest BCUT2D eigenvalue weighted by atomic mass is 15.0. The third-order valence-corrected chi connectivity index (χ3v) is 10.7. The summed E-state index contributed by atoms with van der Waals surface area (Å²) in [5.41, 5.74) is 13.2. The Balaban J connectivity index is 1.09. The molecule has 0 aliphatic carbocycles. The summed E-state index contributed by atoms with van der Waals surface area (Å²) in [5.74, 6) is 0.650. The summed E-state index contributed by atoms with van der Waals surface area (Å²) in [6.45, 7) is 0. The van der Waals surface area contributed by atoms with E-state index in [1.54, 1.807) is 0 Å². The first-order chi connectivity index (χ1) is 27.7. The fourth-order valence-corrected chi connectivity index (χ4v) is 8.08. The molecule has 5 heteroatoms. The third-order valence-electron chi connectivity index (χ3n) is 10.7. The molecule has 0 N–H and O–H groups in total. The molecule has 0 aliphatic rings. The van der Waals surface area contributed by atoms with Gasteiger partial charge in [0.1, 0.15) is 5.69 Å². The van der Waals surface area contributed by atoms with Gasteiger partial charge in [-0.1, -0.05) is 127 Å². The van der Waals surface area contributed by atoms with Gasteiger partial charge in [0.15, 0.2) is 5.82 Å². The summed E-state index contributed by atoms with van der Waals surface area (Å²) in [6.07, 6.45) is 2.16. The number of pyridine rings is 1. The lowest BCUT2D eigenvalue weighted by atomic mass is 10.0. The van der Waals surface area contributed by atoms with Crippen molar-refractivity contribution in [1.29, 1.82) is 0 Å². The van der Waals surface area contributed by atoms with Crippen LogP contribution in [-0.4, -0.2) is 24.1 Å². The number of nitrogens with zero attached hydrogens (tertiary/aromatic N) is 5. The Morgan fingerprint density at radius 2 is 1.02 bits per heavy atom. The van der Waals surface area contributed by atoms with Crippen LogP contribution >= 0.6 is 0 Å². The highest BCUT2D eigenvalue weighted by Gasteiger charge is 2.18. The number of hydrogen-bond donors (Lipinski definition) is 0. The van der Waals surface area contributed by atoms with E-state index in [0.29, 0.717) is 5.82 Å². The van der Waals surface area contributed by atoms with Crippen LogP contribution in [0.15, 0.2) is 200 Å². The van der Waals surface area contributed by atoms with Crippen molar-refractivity contribution in [1.82, 2.24) is 24.1 Å². The SMILES string of the molecule is c1ccc(-c2cc(-c3ccccc3)nc(-c3nc(-c4cccc(-n5c6ccccc6c6cc7c(ccn7-c7ccccc7)cc65)c4)nc4ccccc34)c2)cc1. The second-order valence-corrected chi connectivity index (χ2v) is 14.1. The van der Waals surface area contributed by atoms with E-state index in [1.807, 2.05) is 24.3 Å². The van der Waals surface area contributed by atoms with Crippen LogP contribution in [0.1, 0.15) is 0 Å². The lowest BCUT2D eigenvalue weighted by Gasteiger charge is -2.14. The second kappa shape index (κ2) is 13.0. The van der Waals surface area contributed by atoms with Crippen LogP contribution in [0.2, 0.25) is 0 Å². The van der Waals surface area contributed by atoms with E-state index in [9.17, 15) is 0 Å². The smallest absolute Gasteiger partial charge is 0.160 e. The van der Waals surface area contributed by atoms with E-state index in [0.717, 1.165) is 72.6 Å². The zero-order valence-electron chi connectivity index (χ0n) is 30.3. The number of hydrogen-bond acceptors (Lipinski definition) is 3. The Hall–Kier alpha value is -7.63. The summed E-state index contributed by atoms with van der Waals surface area (Å²) in [4.78, 5) is 15.8. The van der Waals surface area contributed by atoms with E-state index in [2.05, 4.69) is 185 Å². The minimum Gasteiger partial charge on any atom is -0.317 e. The molecule has 7 aromatic carbocycles. The Bertz CT molecular complexity index is 3180. The summed E-state index contributed by atoms with van der Waals surface area (Å²) in [7, 11) is 0. The van der Waals surface area contributed by atoms with Gasteiger partial charge < -0.3 is 9.13 Å². The zero-order chi connectivity index (χ0) is 37.0. The molecule has 0 bridgehead atoms. The van der Waals surface area contributed by atoms with Crippen LogP contribution in [0.5, 0.6) is 0 Å². The van der Waals surface area contributed by atoms with Gasteiger partial charge in [-0.2, -0.15) is 0 Å². The zero-order valence-corrected chi connectivity index (χ0v) is 30.3. The first-order valence-corrected chi connectivity index (χ1v) is 18.9. The van der Waals surface area contributed by atoms with Gasteiger partial charge in [-0.05, 0) is 77.9 Å². The predicted molar refractivity (Wildman–Crippen MR) is 230 cm³/mol. The molecule has 4 heterocycles. The van der Waals surface area contributed by atoms with Crippen molar-refractivity contribution in [3.63, 3.8) is 0 Å². The van der Waals surface area contributed by atoms with Gasteiger partial charge in [0.25, 0.3) is 0 Å². The van der Waals surface area contributed by atoms with Crippen molar-refractivity contribution in [3.8, 4) is 56.5 Å². The van der Waals surface area contributed by atoms with Crippen LogP contribution in [0.25, 0.3) is 100 Å². The largest absolute Gasteiger partial charge is 0.317 e. The maximum Gasteiger partial charge on any atom is 0.160 e. The summed E-state index contributed by atoms with van der Waals surface area (Å²) < 4.78 is 4.63. The highest BCUT2D eigenvalue weighted by molar-refractivity contribution is 6.13. The van der Waals surface area contributed by atoms with E-state index >= 15 is 0 Å². The number of fused-ring (bicyclic) bond motifs is 5. The molecule has 0 aliphatic heterocycles. The van der Waals surface area contributed by atoms with Gasteiger partial charge in [-0.25, -0.2) is 15.0 Å². The fraction of sp³-hybridized carbons (Fsp3) is 0. The monoisotopic (exact) mass is 715 g/mol. The van der Waals surface area contributed by atoms with Crippen molar-refractivity contribution in [2.45, 2.75) is 0 Å². The first kappa shape index (κ1) is 31.9. The molecule has 0 saturated carbocycles. The van der Waals surface area contributed by atoms with Crippen molar-refractivity contribution >= 4 is 43.6 Å². The Labute approximate surface area is 323 Å². The molecule has 0 radical (unpaired) electrons. The van der Waals surface area contributed by atoms with Gasteiger partial charge in [0.2, 0.25) is 0 Å². The van der Waals surface area contributed by atoms with Crippen LogP contribution in [0.3, 0.4) is 0 Å². The van der Waals surface area contributed by atoms with Crippen molar-refractivity contribution in [2.24, 2.45) is 0 Å². The van der Waals surface area contributed by atoms with Crippen LogP contribution in [0.4, 0.5) is 0 Å². The predicted octanol–water partition coefficient (Wildman–Crippen LogP) is 12.7. The average molecular weight is 716 g/mol. The minimum atomic E-state index is 0.650. The molecule has 5 nitrogen and oxygen atoms in total. The fourth-order valence-electron chi connectivity index (χ4n) is 8.08. The lowest BCUT2D eigenvalue weighted by molar-refractivity contribution is 1.13. The number of aromatic nitrogens is 5. The standard InChI is InChI=1S/C51H33N5/c1-4-15-34(16-5-1)38-30-45(35-17-6-2-7-18-35)52-46(31-38)50-42-24-10-12-25-44(42)53-51(54-50)37-19-14-22-40(29-37)56-47-26-13-11-23-41(47)43-33-48-36(32-49(43)56)27-28-55(48)39-20-8-3-9-21-39/h1-33H. The normalized spacial score (nSPS) is 11.6. The van der Waals surface area contributed by atoms with E-state index in [4.69, 9.17) is 15.0 Å². The average Bonchev–Trinajstić information content (AvgIpc) is 3.84. The van der Waals surface area contributed by atoms with Crippen molar-refractivity contribution in [3.05, 3.63) is 200 Å². The molecule has 0 amide bonds. The second-order valence-electron chi connectivity index (χ2n) is 14.1. The molecular formula is C51H33N5. The third kappa shape index (κ3) is 5.37. The quantitative estimate of drug-likeness (QED) is 0.172. The van der Waals surface area contributed by atoms with Gasteiger partial charge >= 0.3 is 0 Å². The summed E-state index contributed by atoms with van der Waals surface area (Å²) in [6, 6.07) is 68.0. The molecule has 262 valence electrons.